The third kappa shape index (κ3) is 6.63. The first-order valence-corrected chi connectivity index (χ1v) is 11.8. The molecule has 7 nitrogen and oxygen atoms in total. The molecule has 0 unspecified atom stereocenters. The highest BCUT2D eigenvalue weighted by Crippen LogP contribution is 2.37. The first kappa shape index (κ1) is 24.5. The average Bonchev–Trinajstić information content (AvgIpc) is 2.95. The lowest BCUT2D eigenvalue weighted by Gasteiger charge is -2.14. The second-order valence-electron chi connectivity index (χ2n) is 6.45. The van der Waals surface area contributed by atoms with E-state index in [2.05, 4.69) is 22.6 Å². The summed E-state index contributed by atoms with van der Waals surface area (Å²) < 4.78 is 17.4. The van der Waals surface area contributed by atoms with Crippen LogP contribution < -0.4 is 9.47 Å². The zero-order valence-corrected chi connectivity index (χ0v) is 20.3. The van der Waals surface area contributed by atoms with Crippen molar-refractivity contribution in [3.8, 4) is 11.5 Å². The number of carbonyl (C=O) groups is 3. The number of imide groups is 1. The molecule has 1 aromatic rings. The van der Waals surface area contributed by atoms with Crippen molar-refractivity contribution in [2.24, 2.45) is 0 Å². The highest BCUT2D eigenvalue weighted by atomic mass is 127. The second kappa shape index (κ2) is 12.2. The zero-order valence-electron chi connectivity index (χ0n) is 17.4. The molecular formula is C21H26INO6S. The summed E-state index contributed by atoms with van der Waals surface area (Å²) in [6, 6.07) is 3.64. The van der Waals surface area contributed by atoms with Crippen LogP contribution in [0.15, 0.2) is 17.0 Å². The van der Waals surface area contributed by atoms with Gasteiger partial charge in [-0.3, -0.25) is 19.3 Å². The summed E-state index contributed by atoms with van der Waals surface area (Å²) in [6.45, 7) is 6.84. The minimum absolute atomic E-state index is 0.252. The van der Waals surface area contributed by atoms with Crippen LogP contribution in [0.2, 0.25) is 0 Å². The minimum Gasteiger partial charge on any atom is -0.490 e. The molecule has 164 valence electrons. The van der Waals surface area contributed by atoms with E-state index < -0.39 is 17.1 Å². The summed E-state index contributed by atoms with van der Waals surface area (Å²) in [4.78, 5) is 37.9. The van der Waals surface area contributed by atoms with Crippen LogP contribution in [-0.4, -0.2) is 48.4 Å². The van der Waals surface area contributed by atoms with E-state index in [0.717, 1.165) is 39.5 Å². The Morgan fingerprint density at radius 2 is 1.90 bits per heavy atom. The maximum absolute atomic E-state index is 12.6. The van der Waals surface area contributed by atoms with Crippen molar-refractivity contribution in [3.63, 3.8) is 0 Å². The molecule has 2 amide bonds. The SMILES string of the molecule is CCCCOC(=O)CN1C(=O)S/C(=C\c2cc(I)c(OCCC)c(OCC)c2)C1=O. The molecule has 30 heavy (non-hydrogen) atoms. The lowest BCUT2D eigenvalue weighted by molar-refractivity contribution is -0.146. The van der Waals surface area contributed by atoms with Gasteiger partial charge in [-0.2, -0.15) is 0 Å². The Hall–Kier alpha value is -1.75. The monoisotopic (exact) mass is 547 g/mol. The average molecular weight is 547 g/mol. The molecule has 1 heterocycles. The summed E-state index contributed by atoms with van der Waals surface area (Å²) in [5.41, 5.74) is 0.711. The van der Waals surface area contributed by atoms with Gasteiger partial charge in [0.05, 0.1) is 28.3 Å². The first-order valence-electron chi connectivity index (χ1n) is 9.91. The molecule has 9 heteroatoms. The topological polar surface area (TPSA) is 82.1 Å². The Morgan fingerprint density at radius 1 is 1.13 bits per heavy atom. The molecule has 1 saturated heterocycles. The van der Waals surface area contributed by atoms with Crippen LogP contribution >= 0.6 is 34.4 Å². The van der Waals surface area contributed by atoms with Crippen molar-refractivity contribution in [2.45, 2.75) is 40.0 Å². The molecule has 0 N–H and O–H groups in total. The Kier molecular flexibility index (Phi) is 9.96. The smallest absolute Gasteiger partial charge is 0.326 e. The fourth-order valence-electron chi connectivity index (χ4n) is 2.57. The molecule has 1 aliphatic heterocycles. The number of ether oxygens (including phenoxy) is 3. The molecule has 0 aromatic heterocycles. The van der Waals surface area contributed by atoms with Crippen molar-refractivity contribution >= 4 is 57.5 Å². The molecule has 0 radical (unpaired) electrons. The van der Waals surface area contributed by atoms with Gasteiger partial charge in [-0.05, 0) is 77.9 Å². The Bertz CT molecular complexity index is 826. The van der Waals surface area contributed by atoms with Crippen LogP contribution in [-0.2, 0) is 14.3 Å². The normalized spacial score (nSPS) is 15.1. The molecule has 0 saturated carbocycles. The highest BCUT2D eigenvalue weighted by Gasteiger charge is 2.36. The van der Waals surface area contributed by atoms with Gasteiger partial charge < -0.3 is 14.2 Å². The highest BCUT2D eigenvalue weighted by molar-refractivity contribution is 14.1. The van der Waals surface area contributed by atoms with Crippen molar-refractivity contribution in [2.75, 3.05) is 26.4 Å². The number of hydrogen-bond acceptors (Lipinski definition) is 7. The van der Waals surface area contributed by atoms with E-state index in [0.29, 0.717) is 30.3 Å². The van der Waals surface area contributed by atoms with Gasteiger partial charge in [0.25, 0.3) is 11.1 Å². The van der Waals surface area contributed by atoms with Gasteiger partial charge in [-0.15, -0.1) is 0 Å². The maximum Gasteiger partial charge on any atom is 0.326 e. The van der Waals surface area contributed by atoms with Crippen molar-refractivity contribution in [3.05, 3.63) is 26.2 Å². The molecule has 1 fully saturated rings. The van der Waals surface area contributed by atoms with Crippen molar-refractivity contribution in [1.82, 2.24) is 4.90 Å². The summed E-state index contributed by atoms with van der Waals surface area (Å²) in [5, 5.41) is -0.485. The standard InChI is InChI=1S/C21H26INO6S/c1-4-7-9-28-18(24)13-23-20(25)17(30-21(23)26)12-14-10-15(22)19(29-8-5-2)16(11-14)27-6-3/h10-12H,4-9,13H2,1-3H3/b17-12-. The Labute approximate surface area is 194 Å². The molecule has 0 aliphatic carbocycles. The largest absolute Gasteiger partial charge is 0.490 e. The van der Waals surface area contributed by atoms with Crippen molar-refractivity contribution < 1.29 is 28.6 Å². The van der Waals surface area contributed by atoms with Crippen LogP contribution in [0.25, 0.3) is 6.08 Å². The van der Waals surface area contributed by atoms with E-state index in [1.54, 1.807) is 12.1 Å². The first-order chi connectivity index (χ1) is 14.4. The maximum atomic E-state index is 12.6. The number of carbonyl (C=O) groups excluding carboxylic acids is 3. The number of nitrogens with zero attached hydrogens (tertiary/aromatic N) is 1. The number of esters is 1. The number of rotatable bonds is 11. The molecule has 1 aromatic carbocycles. The van der Waals surface area contributed by atoms with Gasteiger partial charge in [0.15, 0.2) is 11.5 Å². The van der Waals surface area contributed by atoms with Crippen LogP contribution in [0.1, 0.15) is 45.6 Å². The van der Waals surface area contributed by atoms with Crippen LogP contribution in [0, 0.1) is 3.57 Å². The third-order valence-corrected chi connectivity index (χ3v) is 5.71. The molecule has 0 spiro atoms. The number of unbranched alkanes of at least 4 members (excludes halogenated alkanes) is 1. The van der Waals surface area contributed by atoms with E-state index in [9.17, 15) is 14.4 Å². The molecular weight excluding hydrogens is 521 g/mol. The van der Waals surface area contributed by atoms with E-state index in [1.165, 1.54) is 0 Å². The second-order valence-corrected chi connectivity index (χ2v) is 8.61. The zero-order chi connectivity index (χ0) is 22.1. The van der Waals surface area contributed by atoms with Gasteiger partial charge >= 0.3 is 5.97 Å². The lowest BCUT2D eigenvalue weighted by Crippen LogP contribution is -2.34. The van der Waals surface area contributed by atoms with Gasteiger partial charge in [0.1, 0.15) is 6.54 Å². The number of halogens is 1. The van der Waals surface area contributed by atoms with E-state index in [4.69, 9.17) is 14.2 Å². The van der Waals surface area contributed by atoms with Crippen LogP contribution in [0.3, 0.4) is 0 Å². The van der Waals surface area contributed by atoms with Gasteiger partial charge in [0, 0.05) is 0 Å². The van der Waals surface area contributed by atoms with Gasteiger partial charge in [-0.25, -0.2) is 0 Å². The molecule has 0 bridgehead atoms. The van der Waals surface area contributed by atoms with E-state index in [1.807, 2.05) is 26.8 Å². The minimum atomic E-state index is -0.586. The number of amides is 2. The predicted molar refractivity (Wildman–Crippen MR) is 125 cm³/mol. The summed E-state index contributed by atoms with van der Waals surface area (Å²) in [7, 11) is 0. The van der Waals surface area contributed by atoms with E-state index >= 15 is 0 Å². The van der Waals surface area contributed by atoms with Gasteiger partial charge in [0.2, 0.25) is 0 Å². The summed E-state index contributed by atoms with van der Waals surface area (Å²) >= 11 is 2.96. The summed E-state index contributed by atoms with van der Waals surface area (Å²) in [5.74, 6) is 0.163. The van der Waals surface area contributed by atoms with Gasteiger partial charge in [-0.1, -0.05) is 20.3 Å². The van der Waals surface area contributed by atoms with Crippen molar-refractivity contribution in [1.29, 1.82) is 0 Å². The Morgan fingerprint density at radius 3 is 2.57 bits per heavy atom. The fourth-order valence-corrected chi connectivity index (χ4v) is 4.19. The molecule has 2 rings (SSSR count). The fraction of sp³-hybridized carbons (Fsp3) is 0.476. The number of thioether (sulfide) groups is 1. The molecule has 0 atom stereocenters. The quantitative estimate of drug-likeness (QED) is 0.169. The van der Waals surface area contributed by atoms with E-state index in [-0.39, 0.29) is 18.1 Å². The number of hydrogen-bond donors (Lipinski definition) is 0. The predicted octanol–water partition coefficient (Wildman–Crippen LogP) is 4.86. The summed E-state index contributed by atoms with van der Waals surface area (Å²) in [6.07, 6.45) is 4.13. The lowest BCUT2D eigenvalue weighted by atomic mass is 10.2. The third-order valence-electron chi connectivity index (χ3n) is 4.00. The van der Waals surface area contributed by atoms with Crippen LogP contribution in [0.5, 0.6) is 11.5 Å². The van der Waals surface area contributed by atoms with Crippen LogP contribution in [0.4, 0.5) is 4.79 Å². The Balaban J connectivity index is 2.19. The number of benzene rings is 1. The molecule has 1 aliphatic rings.